The van der Waals surface area contributed by atoms with E-state index in [1.54, 1.807) is 0 Å². The Morgan fingerprint density at radius 3 is 3.00 bits per heavy atom. The van der Waals surface area contributed by atoms with Crippen molar-refractivity contribution in [2.75, 3.05) is 32.8 Å². The highest BCUT2D eigenvalue weighted by molar-refractivity contribution is 4.83. The molecule has 2 saturated heterocycles. The molecule has 0 radical (unpaired) electrons. The smallest absolute Gasteiger partial charge is 0.0588 e. The number of rotatable bonds is 3. The van der Waals surface area contributed by atoms with Crippen molar-refractivity contribution in [3.05, 3.63) is 0 Å². The molecule has 0 aromatic rings. The van der Waals surface area contributed by atoms with Gasteiger partial charge < -0.3 is 10.1 Å². The van der Waals surface area contributed by atoms with Gasteiger partial charge in [-0.1, -0.05) is 6.92 Å². The van der Waals surface area contributed by atoms with E-state index in [0.29, 0.717) is 6.10 Å². The van der Waals surface area contributed by atoms with E-state index >= 15 is 0 Å². The average Bonchev–Trinajstić information content (AvgIpc) is 2.65. The molecule has 0 saturated carbocycles. The van der Waals surface area contributed by atoms with Crippen molar-refractivity contribution in [3.8, 4) is 0 Å². The van der Waals surface area contributed by atoms with Crippen molar-refractivity contribution in [1.29, 1.82) is 0 Å². The van der Waals surface area contributed by atoms with Gasteiger partial charge in [-0.2, -0.15) is 0 Å². The van der Waals surface area contributed by atoms with Crippen molar-refractivity contribution < 1.29 is 4.74 Å². The zero-order chi connectivity index (χ0) is 10.7. The second-order valence-corrected chi connectivity index (χ2v) is 4.89. The molecule has 88 valence electrons. The van der Waals surface area contributed by atoms with Gasteiger partial charge >= 0.3 is 0 Å². The third-order valence-corrected chi connectivity index (χ3v) is 3.95. The lowest BCUT2D eigenvalue weighted by Gasteiger charge is -2.37. The molecule has 3 heteroatoms. The molecule has 0 amide bonds. The van der Waals surface area contributed by atoms with E-state index in [-0.39, 0.29) is 0 Å². The van der Waals surface area contributed by atoms with E-state index < -0.39 is 0 Å². The first-order valence-corrected chi connectivity index (χ1v) is 6.37. The topological polar surface area (TPSA) is 24.5 Å². The molecule has 0 aliphatic carbocycles. The summed E-state index contributed by atoms with van der Waals surface area (Å²) in [5.74, 6) is 0.761. The molecule has 0 spiro atoms. The Bertz CT molecular complexity index is 198. The summed E-state index contributed by atoms with van der Waals surface area (Å²) in [6, 6.07) is 0.742. The van der Waals surface area contributed by atoms with E-state index in [2.05, 4.69) is 24.1 Å². The van der Waals surface area contributed by atoms with Gasteiger partial charge in [0.1, 0.15) is 0 Å². The molecule has 2 heterocycles. The van der Waals surface area contributed by atoms with E-state index in [1.807, 2.05) is 0 Å². The minimum Gasteiger partial charge on any atom is -0.378 e. The van der Waals surface area contributed by atoms with Gasteiger partial charge in [0.2, 0.25) is 0 Å². The lowest BCUT2D eigenvalue weighted by Crippen LogP contribution is -2.52. The molecule has 15 heavy (non-hydrogen) atoms. The lowest BCUT2D eigenvalue weighted by atomic mass is 10.00. The van der Waals surface area contributed by atoms with Crippen LogP contribution in [0.15, 0.2) is 0 Å². The predicted octanol–water partition coefficient (Wildman–Crippen LogP) is 1.10. The zero-order valence-corrected chi connectivity index (χ0v) is 10.0. The number of piperazine rings is 1. The molecule has 3 atom stereocenters. The highest BCUT2D eigenvalue weighted by Crippen LogP contribution is 2.23. The summed E-state index contributed by atoms with van der Waals surface area (Å²) in [7, 11) is 0. The molecule has 0 bridgehead atoms. The van der Waals surface area contributed by atoms with Crippen molar-refractivity contribution in [3.63, 3.8) is 0 Å². The molecule has 0 aromatic carbocycles. The first kappa shape index (κ1) is 11.4. The number of hydrogen-bond donors (Lipinski definition) is 1. The van der Waals surface area contributed by atoms with Gasteiger partial charge in [0.25, 0.3) is 0 Å². The fraction of sp³-hybridized carbons (Fsp3) is 1.00. The second-order valence-electron chi connectivity index (χ2n) is 4.89. The van der Waals surface area contributed by atoms with Crippen LogP contribution in [-0.4, -0.2) is 49.8 Å². The minimum absolute atomic E-state index is 0.470. The van der Waals surface area contributed by atoms with Crippen LogP contribution in [0.2, 0.25) is 0 Å². The maximum absolute atomic E-state index is 5.63. The van der Waals surface area contributed by atoms with Gasteiger partial charge in [0.15, 0.2) is 0 Å². The molecular formula is C12H24N2O. The Kier molecular flexibility index (Phi) is 4.00. The summed E-state index contributed by atoms with van der Waals surface area (Å²) in [6.07, 6.45) is 2.98. The van der Waals surface area contributed by atoms with Gasteiger partial charge in [0.05, 0.1) is 6.10 Å². The highest BCUT2D eigenvalue weighted by atomic mass is 16.5. The molecular weight excluding hydrogens is 188 g/mol. The maximum atomic E-state index is 5.63. The number of ether oxygens (including phenoxy) is 1. The Labute approximate surface area is 93.2 Å². The predicted molar refractivity (Wildman–Crippen MR) is 62.0 cm³/mol. The Hall–Kier alpha value is -0.120. The Balaban J connectivity index is 1.85. The normalized spacial score (nSPS) is 38.4. The van der Waals surface area contributed by atoms with Crippen LogP contribution in [0.3, 0.4) is 0 Å². The fourth-order valence-electron chi connectivity index (χ4n) is 2.76. The fourth-order valence-corrected chi connectivity index (χ4v) is 2.76. The summed E-state index contributed by atoms with van der Waals surface area (Å²) >= 11 is 0. The zero-order valence-electron chi connectivity index (χ0n) is 10.0. The molecule has 3 nitrogen and oxygen atoms in total. The molecule has 3 unspecified atom stereocenters. The van der Waals surface area contributed by atoms with Crippen LogP contribution in [-0.2, 0) is 4.74 Å². The Morgan fingerprint density at radius 2 is 2.33 bits per heavy atom. The lowest BCUT2D eigenvalue weighted by molar-refractivity contribution is 0.0756. The monoisotopic (exact) mass is 212 g/mol. The van der Waals surface area contributed by atoms with Gasteiger partial charge in [0, 0.05) is 38.8 Å². The van der Waals surface area contributed by atoms with E-state index in [9.17, 15) is 0 Å². The van der Waals surface area contributed by atoms with E-state index in [0.717, 1.165) is 25.1 Å². The van der Waals surface area contributed by atoms with Crippen LogP contribution in [0, 0.1) is 5.92 Å². The quantitative estimate of drug-likeness (QED) is 0.758. The summed E-state index contributed by atoms with van der Waals surface area (Å²) in [6.45, 7) is 10.2. The van der Waals surface area contributed by atoms with Crippen LogP contribution >= 0.6 is 0 Å². The van der Waals surface area contributed by atoms with Crippen molar-refractivity contribution in [1.82, 2.24) is 10.2 Å². The van der Waals surface area contributed by atoms with Crippen LogP contribution in [0.1, 0.15) is 26.7 Å². The number of hydrogen-bond acceptors (Lipinski definition) is 3. The SMILES string of the molecule is CCC1CNCCN1CC1CCOC1C. The third-order valence-electron chi connectivity index (χ3n) is 3.95. The average molecular weight is 212 g/mol. The van der Waals surface area contributed by atoms with Crippen LogP contribution < -0.4 is 5.32 Å². The van der Waals surface area contributed by atoms with Crippen molar-refractivity contribution >= 4 is 0 Å². The maximum Gasteiger partial charge on any atom is 0.0588 e. The second kappa shape index (κ2) is 5.28. The molecule has 2 aliphatic rings. The first-order chi connectivity index (χ1) is 7.31. The van der Waals surface area contributed by atoms with Crippen molar-refractivity contribution in [2.45, 2.75) is 38.8 Å². The van der Waals surface area contributed by atoms with Gasteiger partial charge in [-0.15, -0.1) is 0 Å². The van der Waals surface area contributed by atoms with Crippen molar-refractivity contribution in [2.24, 2.45) is 5.92 Å². The highest BCUT2D eigenvalue weighted by Gasteiger charge is 2.29. The van der Waals surface area contributed by atoms with Gasteiger partial charge in [-0.3, -0.25) is 4.90 Å². The molecule has 2 aliphatic heterocycles. The van der Waals surface area contributed by atoms with Crippen LogP contribution in [0.4, 0.5) is 0 Å². The molecule has 2 fully saturated rings. The van der Waals surface area contributed by atoms with E-state index in [4.69, 9.17) is 4.74 Å². The number of nitrogens with zero attached hydrogens (tertiary/aromatic N) is 1. The first-order valence-electron chi connectivity index (χ1n) is 6.37. The molecule has 1 N–H and O–H groups in total. The standard InChI is InChI=1S/C12H24N2O/c1-3-12-8-13-5-6-14(12)9-11-4-7-15-10(11)2/h10-13H,3-9H2,1-2H3. The van der Waals surface area contributed by atoms with Crippen LogP contribution in [0.5, 0.6) is 0 Å². The van der Waals surface area contributed by atoms with Crippen LogP contribution in [0.25, 0.3) is 0 Å². The summed E-state index contributed by atoms with van der Waals surface area (Å²) in [5, 5.41) is 3.48. The summed E-state index contributed by atoms with van der Waals surface area (Å²) in [5.41, 5.74) is 0. The van der Waals surface area contributed by atoms with Gasteiger partial charge in [-0.25, -0.2) is 0 Å². The number of nitrogens with one attached hydrogen (secondary N) is 1. The largest absolute Gasteiger partial charge is 0.378 e. The van der Waals surface area contributed by atoms with E-state index in [1.165, 1.54) is 32.5 Å². The molecule has 0 aromatic heterocycles. The molecule has 2 rings (SSSR count). The summed E-state index contributed by atoms with van der Waals surface area (Å²) in [4.78, 5) is 2.66. The van der Waals surface area contributed by atoms with Gasteiger partial charge in [-0.05, 0) is 25.7 Å². The third kappa shape index (κ3) is 2.71. The summed E-state index contributed by atoms with van der Waals surface area (Å²) < 4.78 is 5.63. The Morgan fingerprint density at radius 1 is 1.47 bits per heavy atom. The minimum atomic E-state index is 0.470.